The first-order valence-corrected chi connectivity index (χ1v) is 5.59. The van der Waals surface area contributed by atoms with Crippen molar-refractivity contribution in [1.82, 2.24) is 10.2 Å². The number of aromatic nitrogens is 2. The third kappa shape index (κ3) is 2.24. The molecule has 6 heteroatoms. The fraction of sp³-hybridized carbons (Fsp3) is 0.231. The molecule has 0 amide bonds. The Labute approximate surface area is 110 Å². The van der Waals surface area contributed by atoms with E-state index in [1.165, 1.54) is 7.11 Å². The lowest BCUT2D eigenvalue weighted by molar-refractivity contribution is 0.0697. The van der Waals surface area contributed by atoms with Crippen LogP contribution in [0, 0.1) is 6.92 Å². The van der Waals surface area contributed by atoms with Crippen molar-refractivity contribution in [1.29, 1.82) is 0 Å². The van der Waals surface area contributed by atoms with Crippen LogP contribution in [0.2, 0.25) is 0 Å². The van der Waals surface area contributed by atoms with Crippen molar-refractivity contribution in [3.63, 3.8) is 0 Å². The Kier molecular flexibility index (Phi) is 3.41. The predicted molar refractivity (Wildman–Crippen MR) is 68.8 cm³/mol. The van der Waals surface area contributed by atoms with Gasteiger partial charge in [-0.15, -0.1) is 0 Å². The fourth-order valence-electron chi connectivity index (χ4n) is 1.88. The highest BCUT2D eigenvalue weighted by molar-refractivity contribution is 5.96. The van der Waals surface area contributed by atoms with Gasteiger partial charge >= 0.3 is 5.97 Å². The van der Waals surface area contributed by atoms with Crippen LogP contribution in [0.4, 0.5) is 0 Å². The summed E-state index contributed by atoms with van der Waals surface area (Å²) >= 11 is 0. The van der Waals surface area contributed by atoms with Crippen LogP contribution in [0.1, 0.15) is 16.1 Å². The fourth-order valence-corrected chi connectivity index (χ4v) is 1.88. The SMILES string of the molecule is COc1ccc(-c2n[nH]c(C)c2C(=O)O)cc1OC. The van der Waals surface area contributed by atoms with Crippen molar-refractivity contribution in [3.05, 3.63) is 29.5 Å². The molecule has 2 N–H and O–H groups in total. The summed E-state index contributed by atoms with van der Waals surface area (Å²) in [6.45, 7) is 1.67. The van der Waals surface area contributed by atoms with Crippen molar-refractivity contribution in [2.24, 2.45) is 0 Å². The lowest BCUT2D eigenvalue weighted by atomic mass is 10.1. The molecule has 0 saturated heterocycles. The van der Waals surface area contributed by atoms with Crippen LogP contribution in [0.3, 0.4) is 0 Å². The maximum atomic E-state index is 11.2. The van der Waals surface area contributed by atoms with E-state index >= 15 is 0 Å². The van der Waals surface area contributed by atoms with Crippen molar-refractivity contribution >= 4 is 5.97 Å². The molecule has 0 spiro atoms. The minimum Gasteiger partial charge on any atom is -0.493 e. The van der Waals surface area contributed by atoms with E-state index in [2.05, 4.69) is 10.2 Å². The summed E-state index contributed by atoms with van der Waals surface area (Å²) < 4.78 is 10.3. The molecule has 0 unspecified atom stereocenters. The van der Waals surface area contributed by atoms with Crippen LogP contribution in [-0.4, -0.2) is 35.5 Å². The number of H-pyrrole nitrogens is 1. The van der Waals surface area contributed by atoms with E-state index in [-0.39, 0.29) is 5.56 Å². The van der Waals surface area contributed by atoms with Gasteiger partial charge in [-0.1, -0.05) is 0 Å². The number of aryl methyl sites for hydroxylation is 1. The number of ether oxygens (including phenoxy) is 2. The maximum absolute atomic E-state index is 11.2. The Morgan fingerprint density at radius 1 is 1.26 bits per heavy atom. The minimum atomic E-state index is -1.02. The van der Waals surface area contributed by atoms with E-state index in [0.29, 0.717) is 28.5 Å². The van der Waals surface area contributed by atoms with Gasteiger partial charge in [0, 0.05) is 11.3 Å². The van der Waals surface area contributed by atoms with Gasteiger partial charge in [-0.05, 0) is 25.1 Å². The molecule has 100 valence electrons. The van der Waals surface area contributed by atoms with Crippen LogP contribution >= 0.6 is 0 Å². The number of aromatic carboxylic acids is 1. The molecule has 2 rings (SSSR count). The number of carboxylic acid groups (broad SMARTS) is 1. The molecule has 0 bridgehead atoms. The Balaban J connectivity index is 2.57. The summed E-state index contributed by atoms with van der Waals surface area (Å²) in [5.41, 5.74) is 1.70. The van der Waals surface area contributed by atoms with Crippen molar-refractivity contribution in [2.45, 2.75) is 6.92 Å². The molecule has 0 radical (unpaired) electrons. The average Bonchev–Trinajstić information content (AvgIpc) is 2.79. The topological polar surface area (TPSA) is 84.4 Å². The first-order valence-electron chi connectivity index (χ1n) is 5.59. The maximum Gasteiger partial charge on any atom is 0.339 e. The Morgan fingerprint density at radius 2 is 1.95 bits per heavy atom. The van der Waals surface area contributed by atoms with Crippen LogP contribution in [0.15, 0.2) is 18.2 Å². The molecular formula is C13H14N2O4. The molecule has 1 heterocycles. The van der Waals surface area contributed by atoms with E-state index < -0.39 is 5.97 Å². The highest BCUT2D eigenvalue weighted by Crippen LogP contribution is 2.33. The van der Waals surface area contributed by atoms with Crippen molar-refractivity contribution < 1.29 is 19.4 Å². The molecule has 1 aromatic carbocycles. The van der Waals surface area contributed by atoms with Crippen LogP contribution in [-0.2, 0) is 0 Å². The second-order valence-electron chi connectivity index (χ2n) is 3.95. The standard InChI is InChI=1S/C13H14N2O4/c1-7-11(13(16)17)12(15-14-7)8-4-5-9(18-2)10(6-8)19-3/h4-6H,1-3H3,(H,14,15)(H,16,17). The van der Waals surface area contributed by atoms with Crippen LogP contribution in [0.5, 0.6) is 11.5 Å². The van der Waals surface area contributed by atoms with E-state index in [1.54, 1.807) is 32.2 Å². The highest BCUT2D eigenvalue weighted by Gasteiger charge is 2.19. The summed E-state index contributed by atoms with van der Waals surface area (Å²) in [5.74, 6) is 0.0865. The molecule has 1 aromatic heterocycles. The number of carboxylic acids is 1. The van der Waals surface area contributed by atoms with E-state index in [1.807, 2.05) is 0 Å². The number of benzene rings is 1. The summed E-state index contributed by atoms with van der Waals surface area (Å²) in [7, 11) is 3.06. The smallest absolute Gasteiger partial charge is 0.339 e. The van der Waals surface area contributed by atoms with Gasteiger partial charge in [-0.25, -0.2) is 4.79 Å². The van der Waals surface area contributed by atoms with Gasteiger partial charge in [0.1, 0.15) is 11.3 Å². The number of aromatic amines is 1. The number of hydrogen-bond acceptors (Lipinski definition) is 4. The summed E-state index contributed by atoms with van der Waals surface area (Å²) in [4.78, 5) is 11.2. The Morgan fingerprint density at radius 3 is 2.53 bits per heavy atom. The number of hydrogen-bond donors (Lipinski definition) is 2. The first-order chi connectivity index (χ1) is 9.08. The van der Waals surface area contributed by atoms with E-state index in [9.17, 15) is 9.90 Å². The summed E-state index contributed by atoms with van der Waals surface area (Å²) in [6.07, 6.45) is 0. The minimum absolute atomic E-state index is 0.159. The Hall–Kier alpha value is -2.50. The molecule has 0 atom stereocenters. The number of carbonyl (C=O) groups is 1. The normalized spacial score (nSPS) is 10.3. The second-order valence-corrected chi connectivity index (χ2v) is 3.95. The van der Waals surface area contributed by atoms with Gasteiger partial charge < -0.3 is 14.6 Å². The van der Waals surface area contributed by atoms with Crippen LogP contribution in [0.25, 0.3) is 11.3 Å². The highest BCUT2D eigenvalue weighted by atomic mass is 16.5. The molecule has 0 saturated carbocycles. The molecular weight excluding hydrogens is 248 g/mol. The summed E-state index contributed by atoms with van der Waals surface area (Å²) in [6, 6.07) is 5.15. The molecule has 0 aliphatic carbocycles. The zero-order valence-corrected chi connectivity index (χ0v) is 10.9. The largest absolute Gasteiger partial charge is 0.493 e. The number of methoxy groups -OCH3 is 2. The number of nitrogens with one attached hydrogen (secondary N) is 1. The van der Waals surface area contributed by atoms with Gasteiger partial charge in [-0.3, -0.25) is 5.10 Å². The third-order valence-corrected chi connectivity index (χ3v) is 2.82. The molecule has 2 aromatic rings. The van der Waals surface area contributed by atoms with E-state index in [4.69, 9.17) is 9.47 Å². The molecule has 19 heavy (non-hydrogen) atoms. The number of nitrogens with zero attached hydrogens (tertiary/aromatic N) is 1. The number of rotatable bonds is 4. The molecule has 0 fully saturated rings. The van der Waals surface area contributed by atoms with Crippen LogP contribution < -0.4 is 9.47 Å². The summed E-state index contributed by atoms with van der Waals surface area (Å²) in [5, 5.41) is 15.9. The van der Waals surface area contributed by atoms with Gasteiger partial charge in [0.2, 0.25) is 0 Å². The van der Waals surface area contributed by atoms with Crippen molar-refractivity contribution in [2.75, 3.05) is 14.2 Å². The predicted octanol–water partition coefficient (Wildman–Crippen LogP) is 2.10. The van der Waals surface area contributed by atoms with Gasteiger partial charge in [0.25, 0.3) is 0 Å². The third-order valence-electron chi connectivity index (χ3n) is 2.82. The molecule has 0 aliphatic heterocycles. The van der Waals surface area contributed by atoms with E-state index in [0.717, 1.165) is 0 Å². The monoisotopic (exact) mass is 262 g/mol. The molecule has 0 aliphatic rings. The zero-order valence-electron chi connectivity index (χ0n) is 10.9. The van der Waals surface area contributed by atoms with Gasteiger partial charge in [-0.2, -0.15) is 5.10 Å². The lowest BCUT2D eigenvalue weighted by Gasteiger charge is -2.08. The van der Waals surface area contributed by atoms with Gasteiger partial charge in [0.05, 0.1) is 14.2 Å². The quantitative estimate of drug-likeness (QED) is 0.881. The Bertz CT molecular complexity index is 619. The average molecular weight is 262 g/mol. The lowest BCUT2D eigenvalue weighted by Crippen LogP contribution is -1.99. The zero-order chi connectivity index (χ0) is 14.0. The van der Waals surface area contributed by atoms with Crippen molar-refractivity contribution in [3.8, 4) is 22.8 Å². The second kappa shape index (κ2) is 5.01. The molecule has 6 nitrogen and oxygen atoms in total. The first kappa shape index (κ1) is 12.9. The van der Waals surface area contributed by atoms with Gasteiger partial charge in [0.15, 0.2) is 11.5 Å².